The van der Waals surface area contributed by atoms with Crippen LogP contribution in [-0.4, -0.2) is 38.7 Å². The molecule has 158 valence electrons. The van der Waals surface area contributed by atoms with Crippen molar-refractivity contribution >= 4 is 40.4 Å². The number of benzene rings is 1. The van der Waals surface area contributed by atoms with Gasteiger partial charge in [-0.2, -0.15) is 10.2 Å². The average molecular weight is 457 g/mol. The van der Waals surface area contributed by atoms with Crippen molar-refractivity contribution in [3.63, 3.8) is 0 Å². The summed E-state index contributed by atoms with van der Waals surface area (Å²) in [5.41, 5.74) is 3.89. The predicted molar refractivity (Wildman–Crippen MR) is 122 cm³/mol. The largest absolute Gasteiger partial charge is 0.317 e. The van der Waals surface area contributed by atoms with Gasteiger partial charge in [-0.3, -0.25) is 9.67 Å². The first-order chi connectivity index (χ1) is 15.1. The van der Waals surface area contributed by atoms with Gasteiger partial charge >= 0.3 is 0 Å². The summed E-state index contributed by atoms with van der Waals surface area (Å²) in [4.78, 5) is 4.55. The first-order valence-corrected chi connectivity index (χ1v) is 10.8. The standard InChI is InChI=1S/C22H19Cl2FN6/c23-18-1-2-19(25)22(24)17(18)12-29-30-8-5-20-21(30)9-14(10-27-20)15-11-28-31(13-15)16-3-6-26-7-4-16/h1-2,5,8-13,16,26H,3-4,6-7H2. The van der Waals surface area contributed by atoms with Crippen LogP contribution in [0, 0.1) is 5.82 Å². The SMILES string of the molecule is Fc1ccc(Cl)c(C=Nn2ccc3ncc(-c4cnn(C5CCNCC5)c4)cc32)c1Cl. The predicted octanol–water partition coefficient (Wildman–Crippen LogP) is 5.15. The van der Waals surface area contributed by atoms with Crippen LogP contribution in [0.4, 0.5) is 4.39 Å². The van der Waals surface area contributed by atoms with E-state index >= 15 is 0 Å². The van der Waals surface area contributed by atoms with Crippen LogP contribution in [0.1, 0.15) is 24.4 Å². The second-order valence-corrected chi connectivity index (χ2v) is 8.27. The maximum absolute atomic E-state index is 13.8. The van der Waals surface area contributed by atoms with E-state index < -0.39 is 5.82 Å². The van der Waals surface area contributed by atoms with E-state index in [0.29, 0.717) is 16.6 Å². The highest BCUT2D eigenvalue weighted by atomic mass is 35.5. The third-order valence-corrected chi connectivity index (χ3v) is 6.24. The van der Waals surface area contributed by atoms with Gasteiger partial charge in [0.05, 0.1) is 39.5 Å². The molecule has 0 spiro atoms. The topological polar surface area (TPSA) is 60.0 Å². The molecule has 1 fully saturated rings. The lowest BCUT2D eigenvalue weighted by molar-refractivity contribution is 0.343. The Morgan fingerprint density at radius 3 is 2.81 bits per heavy atom. The molecule has 5 rings (SSSR count). The van der Waals surface area contributed by atoms with Gasteiger partial charge in [-0.15, -0.1) is 0 Å². The first kappa shape index (κ1) is 20.2. The molecule has 3 aromatic heterocycles. The summed E-state index contributed by atoms with van der Waals surface area (Å²) < 4.78 is 17.5. The highest BCUT2D eigenvalue weighted by Gasteiger charge is 2.16. The molecule has 1 N–H and O–H groups in total. The Morgan fingerprint density at radius 2 is 1.97 bits per heavy atom. The van der Waals surface area contributed by atoms with Crippen molar-refractivity contribution in [3.8, 4) is 11.1 Å². The molecular formula is C22H19Cl2FN6. The smallest absolute Gasteiger partial charge is 0.142 e. The minimum atomic E-state index is -0.542. The van der Waals surface area contributed by atoms with Gasteiger partial charge in [0.15, 0.2) is 0 Å². The lowest BCUT2D eigenvalue weighted by Crippen LogP contribution is -2.29. The molecule has 0 atom stereocenters. The monoisotopic (exact) mass is 456 g/mol. The van der Waals surface area contributed by atoms with Crippen LogP contribution in [0.15, 0.2) is 54.2 Å². The maximum Gasteiger partial charge on any atom is 0.142 e. The number of nitrogens with one attached hydrogen (secondary N) is 1. The molecule has 1 aliphatic rings. The molecule has 4 aromatic rings. The van der Waals surface area contributed by atoms with Gasteiger partial charge in [-0.1, -0.05) is 23.2 Å². The quantitative estimate of drug-likeness (QED) is 0.341. The summed E-state index contributed by atoms with van der Waals surface area (Å²) in [6, 6.07) is 6.98. The van der Waals surface area contributed by atoms with Gasteiger partial charge in [-0.25, -0.2) is 9.07 Å². The second-order valence-electron chi connectivity index (χ2n) is 7.48. The fourth-order valence-electron chi connectivity index (χ4n) is 3.79. The van der Waals surface area contributed by atoms with E-state index in [4.69, 9.17) is 23.2 Å². The van der Waals surface area contributed by atoms with Crippen LogP contribution in [0.2, 0.25) is 10.0 Å². The lowest BCUT2D eigenvalue weighted by atomic mass is 10.1. The molecule has 6 nitrogen and oxygen atoms in total. The molecule has 0 unspecified atom stereocenters. The van der Waals surface area contributed by atoms with Gasteiger partial charge < -0.3 is 5.32 Å². The van der Waals surface area contributed by atoms with Crippen LogP contribution in [0.5, 0.6) is 0 Å². The average Bonchev–Trinajstić information content (AvgIpc) is 3.44. The van der Waals surface area contributed by atoms with E-state index in [0.717, 1.165) is 48.1 Å². The molecule has 4 heterocycles. The number of pyridine rings is 1. The van der Waals surface area contributed by atoms with Crippen molar-refractivity contribution in [2.75, 3.05) is 13.1 Å². The van der Waals surface area contributed by atoms with E-state index in [1.54, 1.807) is 10.9 Å². The van der Waals surface area contributed by atoms with Crippen molar-refractivity contribution in [3.05, 3.63) is 70.5 Å². The Labute approximate surface area is 188 Å². The van der Waals surface area contributed by atoms with Crippen LogP contribution >= 0.6 is 23.2 Å². The van der Waals surface area contributed by atoms with Gasteiger partial charge in [0.1, 0.15) is 5.82 Å². The second kappa shape index (κ2) is 8.42. The van der Waals surface area contributed by atoms with Crippen LogP contribution < -0.4 is 5.32 Å². The summed E-state index contributed by atoms with van der Waals surface area (Å²) in [7, 11) is 0. The Bertz CT molecular complexity index is 1270. The molecule has 1 aromatic carbocycles. The molecule has 0 aliphatic carbocycles. The minimum Gasteiger partial charge on any atom is -0.317 e. The van der Waals surface area contributed by atoms with Crippen LogP contribution in [0.25, 0.3) is 22.2 Å². The molecular weight excluding hydrogens is 438 g/mol. The zero-order valence-electron chi connectivity index (χ0n) is 16.5. The molecule has 0 bridgehead atoms. The summed E-state index contributed by atoms with van der Waals surface area (Å²) in [6.45, 7) is 2.02. The maximum atomic E-state index is 13.8. The number of rotatable bonds is 4. The number of halogens is 3. The van der Waals surface area contributed by atoms with E-state index in [1.165, 1.54) is 18.3 Å². The number of piperidine rings is 1. The van der Waals surface area contributed by atoms with E-state index in [1.807, 2.05) is 29.2 Å². The minimum absolute atomic E-state index is 0.0585. The summed E-state index contributed by atoms with van der Waals surface area (Å²) in [5.74, 6) is -0.542. The van der Waals surface area contributed by atoms with Crippen molar-refractivity contribution < 1.29 is 4.39 Å². The fourth-order valence-corrected chi connectivity index (χ4v) is 4.26. The van der Waals surface area contributed by atoms with E-state index in [9.17, 15) is 4.39 Å². The van der Waals surface area contributed by atoms with E-state index in [2.05, 4.69) is 26.7 Å². The zero-order valence-corrected chi connectivity index (χ0v) is 18.0. The Kier molecular flexibility index (Phi) is 5.48. The molecule has 31 heavy (non-hydrogen) atoms. The third-order valence-electron chi connectivity index (χ3n) is 5.53. The number of hydrogen-bond acceptors (Lipinski definition) is 4. The van der Waals surface area contributed by atoms with Gasteiger partial charge in [-0.05, 0) is 50.2 Å². The number of nitrogens with zero attached hydrogens (tertiary/aromatic N) is 5. The number of aromatic nitrogens is 4. The summed E-state index contributed by atoms with van der Waals surface area (Å²) >= 11 is 12.2. The highest BCUT2D eigenvalue weighted by Crippen LogP contribution is 2.27. The highest BCUT2D eigenvalue weighted by molar-refractivity contribution is 6.38. The third kappa shape index (κ3) is 3.96. The number of hydrogen-bond donors (Lipinski definition) is 1. The zero-order chi connectivity index (χ0) is 21.4. The van der Waals surface area contributed by atoms with Crippen molar-refractivity contribution in [2.45, 2.75) is 18.9 Å². The first-order valence-electron chi connectivity index (χ1n) is 10.0. The van der Waals surface area contributed by atoms with Gasteiger partial charge in [0.25, 0.3) is 0 Å². The van der Waals surface area contributed by atoms with Crippen molar-refractivity contribution in [1.82, 2.24) is 24.8 Å². The molecule has 9 heteroatoms. The van der Waals surface area contributed by atoms with Gasteiger partial charge in [0.2, 0.25) is 0 Å². The van der Waals surface area contributed by atoms with Gasteiger partial charge in [0, 0.05) is 35.3 Å². The van der Waals surface area contributed by atoms with E-state index in [-0.39, 0.29) is 5.02 Å². The van der Waals surface area contributed by atoms with Crippen molar-refractivity contribution in [2.24, 2.45) is 5.10 Å². The lowest BCUT2D eigenvalue weighted by Gasteiger charge is -2.22. The summed E-state index contributed by atoms with van der Waals surface area (Å²) in [6.07, 6.45) is 11.2. The number of fused-ring (bicyclic) bond motifs is 1. The van der Waals surface area contributed by atoms with Crippen LogP contribution in [0.3, 0.4) is 0 Å². The van der Waals surface area contributed by atoms with Crippen LogP contribution in [-0.2, 0) is 0 Å². The molecule has 0 amide bonds. The van der Waals surface area contributed by atoms with Crippen molar-refractivity contribution in [1.29, 1.82) is 0 Å². The molecule has 0 radical (unpaired) electrons. The molecule has 1 aliphatic heterocycles. The molecule has 1 saturated heterocycles. The summed E-state index contributed by atoms with van der Waals surface area (Å²) in [5, 5.41) is 12.6. The Morgan fingerprint density at radius 1 is 1.13 bits per heavy atom. The fraction of sp³-hybridized carbons (Fsp3) is 0.227. The molecule has 0 saturated carbocycles. The normalized spacial score (nSPS) is 15.3. The Hall–Kier alpha value is -2.74. The Balaban J connectivity index is 1.47.